The zero-order valence-corrected chi connectivity index (χ0v) is 14.0. The van der Waals surface area contributed by atoms with E-state index in [-0.39, 0.29) is 24.8 Å². The van der Waals surface area contributed by atoms with Crippen molar-refractivity contribution in [2.75, 3.05) is 26.8 Å². The molecule has 0 saturated carbocycles. The second-order valence-electron chi connectivity index (χ2n) is 5.59. The molecule has 0 aromatic heterocycles. The molecular formula is C17H23N3O4. The van der Waals surface area contributed by atoms with Crippen LogP contribution in [0.1, 0.15) is 24.0 Å². The molecule has 0 spiro atoms. The Balaban J connectivity index is 1.69. The Kier molecular flexibility index (Phi) is 6.74. The summed E-state index contributed by atoms with van der Waals surface area (Å²) in [4.78, 5) is 28.8. The van der Waals surface area contributed by atoms with Crippen LogP contribution in [0.2, 0.25) is 0 Å². The Morgan fingerprint density at radius 2 is 2.00 bits per heavy atom. The molecule has 2 rings (SSSR count). The molecule has 0 aliphatic carbocycles. The maximum absolute atomic E-state index is 12.1. The molecule has 0 saturated heterocycles. The van der Waals surface area contributed by atoms with E-state index in [1.165, 1.54) is 0 Å². The summed E-state index contributed by atoms with van der Waals surface area (Å²) in [5.74, 6) is -0.387. The van der Waals surface area contributed by atoms with Gasteiger partial charge in [-0.1, -0.05) is 35.0 Å². The fraction of sp³-hybridized carbons (Fsp3) is 0.471. The summed E-state index contributed by atoms with van der Waals surface area (Å²) in [5.41, 5.74) is 2.87. The summed E-state index contributed by atoms with van der Waals surface area (Å²) in [7, 11) is 1.57. The summed E-state index contributed by atoms with van der Waals surface area (Å²) >= 11 is 0. The average molecular weight is 333 g/mol. The molecular weight excluding hydrogens is 310 g/mol. The second kappa shape index (κ2) is 9.02. The second-order valence-corrected chi connectivity index (χ2v) is 5.59. The third-order valence-electron chi connectivity index (χ3n) is 3.63. The highest BCUT2D eigenvalue weighted by molar-refractivity contribution is 6.04. The number of carbonyl (C=O) groups is 2. The van der Waals surface area contributed by atoms with E-state index in [9.17, 15) is 9.59 Å². The largest absolute Gasteiger partial charge is 0.383 e. The Labute approximate surface area is 141 Å². The molecule has 1 aliphatic rings. The number of benzene rings is 1. The fourth-order valence-corrected chi connectivity index (χ4v) is 2.23. The predicted octanol–water partition coefficient (Wildman–Crippen LogP) is 0.757. The summed E-state index contributed by atoms with van der Waals surface area (Å²) < 4.78 is 4.84. The Bertz CT molecular complexity index is 598. The first-order chi connectivity index (χ1) is 11.6. The van der Waals surface area contributed by atoms with E-state index in [4.69, 9.17) is 9.57 Å². The topological polar surface area (TPSA) is 89.0 Å². The molecule has 0 unspecified atom stereocenters. The van der Waals surface area contributed by atoms with Crippen LogP contribution in [0.4, 0.5) is 0 Å². The summed E-state index contributed by atoms with van der Waals surface area (Å²) in [6.07, 6.45) is 0.000773. The van der Waals surface area contributed by atoms with Gasteiger partial charge in [-0.2, -0.15) is 0 Å². The van der Waals surface area contributed by atoms with E-state index in [0.29, 0.717) is 19.6 Å². The lowest BCUT2D eigenvalue weighted by atomic mass is 10.0. The lowest BCUT2D eigenvalue weighted by molar-refractivity contribution is -0.131. The molecule has 1 aliphatic heterocycles. The SMILES string of the molecule is COCCNC(=O)CCNC(=O)[C@H]1CC(c2ccc(C)cc2)=NO1. The quantitative estimate of drug-likeness (QED) is 0.687. The third-order valence-corrected chi connectivity index (χ3v) is 3.63. The van der Waals surface area contributed by atoms with Gasteiger partial charge < -0.3 is 20.2 Å². The molecule has 2 N–H and O–H groups in total. The highest BCUT2D eigenvalue weighted by Crippen LogP contribution is 2.17. The standard InChI is InChI=1S/C17H23N3O4/c1-12-3-5-13(6-4-12)14-11-15(24-20-14)17(22)19-8-7-16(21)18-9-10-23-2/h3-6,15H,7-11H2,1-2H3,(H,18,21)(H,19,22)/t15-/m1/s1. The predicted molar refractivity (Wildman–Crippen MR) is 89.7 cm³/mol. The van der Waals surface area contributed by atoms with Gasteiger partial charge in [0.2, 0.25) is 12.0 Å². The summed E-state index contributed by atoms with van der Waals surface area (Å²) in [5, 5.41) is 9.38. The first-order valence-corrected chi connectivity index (χ1v) is 7.93. The van der Waals surface area contributed by atoms with Crippen molar-refractivity contribution >= 4 is 17.5 Å². The number of aryl methyl sites for hydroxylation is 1. The van der Waals surface area contributed by atoms with Gasteiger partial charge in [0.05, 0.1) is 12.3 Å². The van der Waals surface area contributed by atoms with Crippen molar-refractivity contribution in [1.29, 1.82) is 0 Å². The molecule has 7 heteroatoms. The average Bonchev–Trinajstić information content (AvgIpc) is 3.06. The number of oxime groups is 1. The van der Waals surface area contributed by atoms with Crippen LogP contribution in [0.15, 0.2) is 29.4 Å². The number of ether oxygens (including phenoxy) is 1. The molecule has 1 atom stereocenters. The fourth-order valence-electron chi connectivity index (χ4n) is 2.23. The molecule has 1 aromatic rings. The highest BCUT2D eigenvalue weighted by Gasteiger charge is 2.28. The zero-order valence-electron chi connectivity index (χ0n) is 14.0. The molecule has 24 heavy (non-hydrogen) atoms. The Hall–Kier alpha value is -2.41. The number of amides is 2. The Morgan fingerprint density at radius 1 is 1.25 bits per heavy atom. The van der Waals surface area contributed by atoms with Crippen LogP contribution in [0.25, 0.3) is 0 Å². The van der Waals surface area contributed by atoms with Gasteiger partial charge in [-0.25, -0.2) is 0 Å². The maximum Gasteiger partial charge on any atom is 0.264 e. The molecule has 0 bridgehead atoms. The molecule has 1 aromatic carbocycles. The van der Waals surface area contributed by atoms with Gasteiger partial charge >= 0.3 is 0 Å². The number of carbonyl (C=O) groups excluding carboxylic acids is 2. The normalized spacial score (nSPS) is 16.2. The maximum atomic E-state index is 12.1. The van der Waals surface area contributed by atoms with E-state index in [0.717, 1.165) is 16.8 Å². The first-order valence-electron chi connectivity index (χ1n) is 7.93. The van der Waals surface area contributed by atoms with Crippen molar-refractivity contribution in [3.63, 3.8) is 0 Å². The Morgan fingerprint density at radius 3 is 2.71 bits per heavy atom. The van der Waals surface area contributed by atoms with Gasteiger partial charge in [-0.3, -0.25) is 9.59 Å². The number of methoxy groups -OCH3 is 1. The number of nitrogens with one attached hydrogen (secondary N) is 2. The minimum atomic E-state index is -0.641. The van der Waals surface area contributed by atoms with E-state index < -0.39 is 6.10 Å². The number of rotatable bonds is 8. The molecule has 2 amide bonds. The molecule has 7 nitrogen and oxygen atoms in total. The van der Waals surface area contributed by atoms with Crippen LogP contribution in [0.3, 0.4) is 0 Å². The van der Waals surface area contributed by atoms with E-state index in [1.807, 2.05) is 31.2 Å². The van der Waals surface area contributed by atoms with E-state index in [2.05, 4.69) is 15.8 Å². The van der Waals surface area contributed by atoms with Gasteiger partial charge in [-0.05, 0) is 12.5 Å². The summed E-state index contributed by atoms with van der Waals surface area (Å²) in [6, 6.07) is 7.91. The van der Waals surface area contributed by atoms with Crippen LogP contribution in [-0.2, 0) is 19.2 Å². The summed E-state index contributed by atoms with van der Waals surface area (Å²) in [6.45, 7) is 3.20. The van der Waals surface area contributed by atoms with Gasteiger partial charge in [0, 0.05) is 33.0 Å². The van der Waals surface area contributed by atoms with Crippen molar-refractivity contribution in [2.45, 2.75) is 25.9 Å². The van der Waals surface area contributed by atoms with Gasteiger partial charge in [0.25, 0.3) is 5.91 Å². The molecule has 1 heterocycles. The minimum absolute atomic E-state index is 0.128. The highest BCUT2D eigenvalue weighted by atomic mass is 16.6. The van der Waals surface area contributed by atoms with Crippen LogP contribution in [0.5, 0.6) is 0 Å². The molecule has 0 radical (unpaired) electrons. The third kappa shape index (κ3) is 5.34. The van der Waals surface area contributed by atoms with Crippen LogP contribution < -0.4 is 10.6 Å². The van der Waals surface area contributed by atoms with Gasteiger partial charge in [0.1, 0.15) is 0 Å². The lowest BCUT2D eigenvalue weighted by Gasteiger charge is -2.09. The lowest BCUT2D eigenvalue weighted by Crippen LogP contribution is -2.37. The van der Waals surface area contributed by atoms with Crippen LogP contribution in [-0.4, -0.2) is 50.4 Å². The van der Waals surface area contributed by atoms with E-state index in [1.54, 1.807) is 7.11 Å². The van der Waals surface area contributed by atoms with Crippen molar-refractivity contribution in [3.05, 3.63) is 35.4 Å². The first kappa shape index (κ1) is 17.9. The van der Waals surface area contributed by atoms with Crippen LogP contribution >= 0.6 is 0 Å². The van der Waals surface area contributed by atoms with Crippen molar-refractivity contribution in [1.82, 2.24) is 10.6 Å². The monoisotopic (exact) mass is 333 g/mol. The van der Waals surface area contributed by atoms with Crippen molar-refractivity contribution < 1.29 is 19.2 Å². The zero-order chi connectivity index (χ0) is 17.4. The van der Waals surface area contributed by atoms with Gasteiger partial charge in [-0.15, -0.1) is 0 Å². The number of hydrogen-bond donors (Lipinski definition) is 2. The van der Waals surface area contributed by atoms with Crippen molar-refractivity contribution in [2.24, 2.45) is 5.16 Å². The number of nitrogens with zero attached hydrogens (tertiary/aromatic N) is 1. The number of hydrogen-bond acceptors (Lipinski definition) is 5. The van der Waals surface area contributed by atoms with Gasteiger partial charge in [0.15, 0.2) is 0 Å². The smallest absolute Gasteiger partial charge is 0.264 e. The van der Waals surface area contributed by atoms with E-state index >= 15 is 0 Å². The van der Waals surface area contributed by atoms with Crippen LogP contribution in [0, 0.1) is 6.92 Å². The minimum Gasteiger partial charge on any atom is -0.383 e. The molecule has 130 valence electrons. The van der Waals surface area contributed by atoms with Crippen molar-refractivity contribution in [3.8, 4) is 0 Å². The molecule has 0 fully saturated rings.